The highest BCUT2D eigenvalue weighted by molar-refractivity contribution is 7.92. The first-order valence-electron chi connectivity index (χ1n) is 12.5. The third kappa shape index (κ3) is 3.86. The summed E-state index contributed by atoms with van der Waals surface area (Å²) in [6, 6.07) is 15.2. The van der Waals surface area contributed by atoms with E-state index in [4.69, 9.17) is 9.72 Å². The Morgan fingerprint density at radius 3 is 2.46 bits per heavy atom. The van der Waals surface area contributed by atoms with Crippen molar-refractivity contribution in [2.75, 3.05) is 13.7 Å². The summed E-state index contributed by atoms with van der Waals surface area (Å²) in [6.45, 7) is 0.717. The molecule has 2 unspecified atom stereocenters. The Kier molecular flexibility index (Phi) is 5.88. The second-order valence-corrected chi connectivity index (χ2v) is 12.0. The molecule has 0 aliphatic carbocycles. The summed E-state index contributed by atoms with van der Waals surface area (Å²) in [4.78, 5) is 34.1. The van der Waals surface area contributed by atoms with Crippen LogP contribution >= 0.6 is 0 Å². The van der Waals surface area contributed by atoms with Gasteiger partial charge in [-0.2, -0.15) is 0 Å². The molecule has 1 aromatic carbocycles. The Labute approximate surface area is 214 Å². The van der Waals surface area contributed by atoms with Crippen LogP contribution in [0.4, 0.5) is 0 Å². The van der Waals surface area contributed by atoms with Crippen LogP contribution < -0.4 is 5.56 Å². The molecule has 4 aromatic rings. The van der Waals surface area contributed by atoms with Crippen LogP contribution in [0.2, 0.25) is 0 Å². The van der Waals surface area contributed by atoms with Gasteiger partial charge in [-0.05, 0) is 56.0 Å². The van der Waals surface area contributed by atoms with Crippen LogP contribution in [0.3, 0.4) is 0 Å². The Morgan fingerprint density at radius 1 is 1.05 bits per heavy atom. The fourth-order valence-electron chi connectivity index (χ4n) is 5.98. The van der Waals surface area contributed by atoms with Crippen molar-refractivity contribution < 1.29 is 17.9 Å². The predicted octanol–water partition coefficient (Wildman–Crippen LogP) is 2.91. The van der Waals surface area contributed by atoms with Gasteiger partial charge in [0.25, 0.3) is 11.5 Å². The number of hydrogen-bond donors (Lipinski definition) is 0. The lowest BCUT2D eigenvalue weighted by molar-refractivity contribution is 0.0585. The summed E-state index contributed by atoms with van der Waals surface area (Å²) in [7, 11) is -1.90. The smallest absolute Gasteiger partial charge is 0.271 e. The van der Waals surface area contributed by atoms with E-state index in [2.05, 4.69) is 0 Å². The number of ether oxygens (including phenoxy) is 1. The quantitative estimate of drug-likeness (QED) is 0.387. The van der Waals surface area contributed by atoms with Crippen molar-refractivity contribution in [1.82, 2.24) is 18.9 Å². The number of rotatable bonds is 6. The van der Waals surface area contributed by atoms with Crippen molar-refractivity contribution >= 4 is 32.4 Å². The van der Waals surface area contributed by atoms with Gasteiger partial charge in [0.05, 0.1) is 22.1 Å². The Balaban J connectivity index is 1.37. The number of carbonyl (C=O) groups excluding carboxylic acids is 1. The van der Waals surface area contributed by atoms with E-state index in [-0.39, 0.29) is 23.6 Å². The first kappa shape index (κ1) is 23.9. The zero-order chi connectivity index (χ0) is 25.7. The highest BCUT2D eigenvalue weighted by Crippen LogP contribution is 2.41. The first-order valence-corrected chi connectivity index (χ1v) is 14.1. The van der Waals surface area contributed by atoms with Crippen LogP contribution in [0.1, 0.15) is 36.2 Å². The number of aromatic nitrogens is 3. The van der Waals surface area contributed by atoms with E-state index in [9.17, 15) is 18.0 Å². The van der Waals surface area contributed by atoms with Crippen LogP contribution in [-0.4, -0.2) is 64.2 Å². The Morgan fingerprint density at radius 2 is 1.76 bits per heavy atom. The third-order valence-electron chi connectivity index (χ3n) is 7.75. The second kappa shape index (κ2) is 9.11. The van der Waals surface area contributed by atoms with Crippen LogP contribution in [0, 0.1) is 0 Å². The van der Waals surface area contributed by atoms with Gasteiger partial charge in [-0.25, -0.2) is 13.4 Å². The number of benzene rings is 1. The highest BCUT2D eigenvalue weighted by Gasteiger charge is 2.47. The van der Waals surface area contributed by atoms with E-state index in [0.717, 1.165) is 12.8 Å². The van der Waals surface area contributed by atoms with E-state index >= 15 is 0 Å². The number of pyridine rings is 1. The highest BCUT2D eigenvalue weighted by atomic mass is 32.2. The van der Waals surface area contributed by atoms with Crippen LogP contribution in [0.25, 0.3) is 16.7 Å². The van der Waals surface area contributed by atoms with Gasteiger partial charge in [0.2, 0.25) is 0 Å². The van der Waals surface area contributed by atoms with Crippen LogP contribution in [0.15, 0.2) is 70.5 Å². The number of hydrogen-bond acceptors (Lipinski definition) is 6. The number of fused-ring (bicyclic) bond motifs is 4. The lowest BCUT2D eigenvalue weighted by atomic mass is 10.0. The summed E-state index contributed by atoms with van der Waals surface area (Å²) in [5, 5.41) is -0.149. The van der Waals surface area contributed by atoms with Gasteiger partial charge in [-0.15, -0.1) is 0 Å². The molecule has 2 atom stereocenters. The van der Waals surface area contributed by atoms with Crippen molar-refractivity contribution in [2.24, 2.45) is 0 Å². The maximum Gasteiger partial charge on any atom is 0.271 e. The van der Waals surface area contributed by atoms with Crippen LogP contribution in [-0.2, 0) is 21.1 Å². The average molecular weight is 521 g/mol. The Bertz CT molecular complexity index is 1650. The maximum absolute atomic E-state index is 14.0. The van der Waals surface area contributed by atoms with Crippen molar-refractivity contribution in [3.63, 3.8) is 0 Å². The fourth-order valence-corrected chi connectivity index (χ4v) is 7.86. The summed E-state index contributed by atoms with van der Waals surface area (Å²) in [5.41, 5.74) is 1.10. The molecule has 0 radical (unpaired) electrons. The minimum Gasteiger partial charge on any atom is -0.383 e. The zero-order valence-corrected chi connectivity index (χ0v) is 21.3. The minimum atomic E-state index is -3.48. The number of piperidine rings is 1. The normalized spacial score (nSPS) is 21.6. The molecule has 0 spiro atoms. The summed E-state index contributed by atoms with van der Waals surface area (Å²) in [6.07, 6.45) is 4.00. The van der Waals surface area contributed by atoms with Crippen molar-refractivity contribution in [2.45, 2.75) is 54.5 Å². The van der Waals surface area contributed by atoms with E-state index in [1.54, 1.807) is 66.4 Å². The van der Waals surface area contributed by atoms with E-state index in [1.807, 2.05) is 11.0 Å². The summed E-state index contributed by atoms with van der Waals surface area (Å²) < 4.78 is 35.2. The maximum atomic E-state index is 14.0. The molecular weight excluding hydrogens is 492 g/mol. The zero-order valence-electron chi connectivity index (χ0n) is 20.5. The van der Waals surface area contributed by atoms with Gasteiger partial charge >= 0.3 is 0 Å². The first-order chi connectivity index (χ1) is 17.9. The molecule has 6 rings (SSSR count). The van der Waals surface area contributed by atoms with Gasteiger partial charge in [-0.1, -0.05) is 24.3 Å². The molecule has 3 aromatic heterocycles. The van der Waals surface area contributed by atoms with Gasteiger partial charge in [0, 0.05) is 31.9 Å². The topological polar surface area (TPSA) is 103 Å². The molecule has 5 heterocycles. The monoisotopic (exact) mass is 520 g/mol. The molecule has 1 amide bonds. The molecule has 9 nitrogen and oxygen atoms in total. The van der Waals surface area contributed by atoms with Gasteiger partial charge in [-0.3, -0.25) is 14.0 Å². The molecular formula is C27H28N4O5S. The van der Waals surface area contributed by atoms with E-state index < -0.39 is 15.1 Å². The average Bonchev–Trinajstić information content (AvgIpc) is 3.41. The standard InChI is InChI=1S/C27H28N4O5S/c1-36-14-13-29-23(17-22-25(29)28-24-9-5-6-12-30(24)26(22)32)27(33)31-18-10-11-19(31)16-21(15-18)37(34,35)20-7-3-2-4-8-20/h2-9,12,17-19,21H,10-11,13-16H2,1H3. The van der Waals surface area contributed by atoms with Crippen molar-refractivity contribution in [1.29, 1.82) is 0 Å². The molecule has 2 fully saturated rings. The lowest BCUT2D eigenvalue weighted by Crippen LogP contribution is -2.50. The molecule has 2 bridgehead atoms. The number of nitrogens with zero attached hydrogens (tertiary/aromatic N) is 4. The number of amides is 1. The van der Waals surface area contributed by atoms with Crippen molar-refractivity contribution in [3.05, 3.63) is 76.8 Å². The third-order valence-corrected chi connectivity index (χ3v) is 9.94. The molecule has 2 aliphatic rings. The summed E-state index contributed by atoms with van der Waals surface area (Å²) >= 11 is 0. The van der Waals surface area contributed by atoms with Crippen LogP contribution in [0.5, 0.6) is 0 Å². The SMILES string of the molecule is COCCn1c(C(=O)N2C3CCC2CC(S(=O)(=O)c2ccccc2)C3)cc2c(=O)n3ccccc3nc21. The van der Waals surface area contributed by atoms with E-state index in [0.29, 0.717) is 53.3 Å². The molecule has 192 valence electrons. The van der Waals surface area contributed by atoms with Crippen molar-refractivity contribution in [3.8, 4) is 0 Å². The van der Waals surface area contributed by atoms with Gasteiger partial charge in [0.15, 0.2) is 9.84 Å². The number of methoxy groups -OCH3 is 1. The second-order valence-electron chi connectivity index (χ2n) is 9.81. The summed E-state index contributed by atoms with van der Waals surface area (Å²) in [5.74, 6) is -0.189. The Hall–Kier alpha value is -3.50. The molecule has 0 saturated carbocycles. The fraction of sp³-hybridized carbons (Fsp3) is 0.370. The molecule has 0 N–H and O–H groups in total. The number of carbonyl (C=O) groups is 1. The molecule has 37 heavy (non-hydrogen) atoms. The molecule has 10 heteroatoms. The number of sulfone groups is 1. The minimum absolute atomic E-state index is 0.170. The van der Waals surface area contributed by atoms with Gasteiger partial charge in [0.1, 0.15) is 17.0 Å². The molecule has 2 saturated heterocycles. The molecule has 2 aliphatic heterocycles. The lowest BCUT2D eigenvalue weighted by Gasteiger charge is -2.38. The largest absolute Gasteiger partial charge is 0.383 e. The van der Waals surface area contributed by atoms with E-state index in [1.165, 1.54) is 4.40 Å². The van der Waals surface area contributed by atoms with Gasteiger partial charge < -0.3 is 14.2 Å². The predicted molar refractivity (Wildman–Crippen MR) is 138 cm³/mol.